The number of nitro groups is 2. The average Bonchev–Trinajstić information content (AvgIpc) is 2.63. The zero-order chi connectivity index (χ0) is 18.7. The fourth-order valence-electron chi connectivity index (χ4n) is 2.44. The van der Waals surface area contributed by atoms with E-state index in [1.807, 2.05) is 43.3 Å². The summed E-state index contributed by atoms with van der Waals surface area (Å²) in [5, 5.41) is 21.9. The van der Waals surface area contributed by atoms with E-state index in [0.29, 0.717) is 5.75 Å². The number of hydrogen-bond acceptors (Lipinski definition) is 5. The number of non-ortho nitro benzene ring substituents is 1. The van der Waals surface area contributed by atoms with Gasteiger partial charge in [-0.3, -0.25) is 20.2 Å². The predicted octanol–water partition coefficient (Wildman–Crippen LogP) is 5.27. The van der Waals surface area contributed by atoms with Gasteiger partial charge in [0.25, 0.3) is 5.69 Å². The van der Waals surface area contributed by atoms with Crippen molar-refractivity contribution in [3.63, 3.8) is 0 Å². The van der Waals surface area contributed by atoms with Gasteiger partial charge in [0, 0.05) is 6.07 Å². The van der Waals surface area contributed by atoms with Crippen molar-refractivity contribution in [1.82, 2.24) is 0 Å². The van der Waals surface area contributed by atoms with E-state index in [9.17, 15) is 20.2 Å². The van der Waals surface area contributed by atoms with Gasteiger partial charge >= 0.3 is 5.69 Å². The molecule has 3 aromatic carbocycles. The molecule has 0 bridgehead atoms. The maximum Gasteiger partial charge on any atom is 0.318 e. The molecule has 3 aromatic rings. The minimum absolute atomic E-state index is 0.0521. The summed E-state index contributed by atoms with van der Waals surface area (Å²) in [4.78, 5) is 20.5. The normalized spacial score (nSPS) is 10.3. The van der Waals surface area contributed by atoms with Gasteiger partial charge in [-0.1, -0.05) is 42.0 Å². The first-order valence-corrected chi connectivity index (χ1v) is 7.72. The van der Waals surface area contributed by atoms with Crippen molar-refractivity contribution in [2.75, 3.05) is 0 Å². The van der Waals surface area contributed by atoms with Crippen LogP contribution in [0.1, 0.15) is 5.56 Å². The van der Waals surface area contributed by atoms with Gasteiger partial charge in [0.15, 0.2) is 0 Å². The van der Waals surface area contributed by atoms with E-state index in [-0.39, 0.29) is 11.4 Å². The molecule has 0 spiro atoms. The standard InChI is InChI=1S/C19H14N2O5/c1-13-2-4-14(5-3-13)15-6-9-17(10-7-15)26-19-11-8-16(20(22)23)12-18(19)21(24)25/h2-12H,1H3. The van der Waals surface area contributed by atoms with Gasteiger partial charge in [-0.05, 0) is 36.2 Å². The number of aryl methyl sites for hydroxylation is 1. The molecule has 7 nitrogen and oxygen atoms in total. The summed E-state index contributed by atoms with van der Waals surface area (Å²) in [7, 11) is 0. The van der Waals surface area contributed by atoms with Crippen LogP contribution in [0.25, 0.3) is 11.1 Å². The van der Waals surface area contributed by atoms with Gasteiger partial charge in [-0.15, -0.1) is 0 Å². The highest BCUT2D eigenvalue weighted by molar-refractivity contribution is 5.64. The Balaban J connectivity index is 1.86. The lowest BCUT2D eigenvalue weighted by Gasteiger charge is -2.08. The zero-order valence-corrected chi connectivity index (χ0v) is 13.8. The molecule has 0 unspecified atom stereocenters. The molecule has 0 saturated heterocycles. The van der Waals surface area contributed by atoms with Gasteiger partial charge in [0.05, 0.1) is 15.9 Å². The van der Waals surface area contributed by atoms with Crippen LogP contribution in [0.4, 0.5) is 11.4 Å². The first-order chi connectivity index (χ1) is 12.4. The third-order valence-corrected chi connectivity index (χ3v) is 3.82. The summed E-state index contributed by atoms with van der Waals surface area (Å²) < 4.78 is 5.55. The highest BCUT2D eigenvalue weighted by Gasteiger charge is 2.21. The Kier molecular flexibility index (Phi) is 4.62. The van der Waals surface area contributed by atoms with Crippen LogP contribution >= 0.6 is 0 Å². The SMILES string of the molecule is Cc1ccc(-c2ccc(Oc3ccc([N+](=O)[O-])cc3[N+](=O)[O-])cc2)cc1. The lowest BCUT2D eigenvalue weighted by Crippen LogP contribution is -1.96. The summed E-state index contributed by atoms with van der Waals surface area (Å²) in [6, 6.07) is 18.4. The molecule has 0 aromatic heterocycles. The minimum Gasteiger partial charge on any atom is -0.450 e. The minimum atomic E-state index is -0.705. The topological polar surface area (TPSA) is 95.5 Å². The predicted molar refractivity (Wildman–Crippen MR) is 96.4 cm³/mol. The summed E-state index contributed by atoms with van der Waals surface area (Å²) in [6.45, 7) is 2.01. The van der Waals surface area contributed by atoms with Gasteiger partial charge in [-0.2, -0.15) is 0 Å². The number of nitro benzene ring substituents is 2. The molecule has 26 heavy (non-hydrogen) atoms. The van der Waals surface area contributed by atoms with E-state index in [2.05, 4.69) is 0 Å². The van der Waals surface area contributed by atoms with Gasteiger partial charge in [0.1, 0.15) is 5.75 Å². The Morgan fingerprint density at radius 2 is 1.35 bits per heavy atom. The van der Waals surface area contributed by atoms with Crippen LogP contribution in [0.15, 0.2) is 66.7 Å². The first kappa shape index (κ1) is 17.1. The maximum absolute atomic E-state index is 11.2. The third kappa shape index (κ3) is 3.67. The van der Waals surface area contributed by atoms with Crippen molar-refractivity contribution in [3.8, 4) is 22.6 Å². The van der Waals surface area contributed by atoms with E-state index in [0.717, 1.165) is 17.2 Å². The number of hydrogen-bond donors (Lipinski definition) is 0. The fraction of sp³-hybridized carbons (Fsp3) is 0.0526. The van der Waals surface area contributed by atoms with Crippen LogP contribution in [0.5, 0.6) is 11.5 Å². The van der Waals surface area contributed by atoms with Gasteiger partial charge < -0.3 is 4.74 Å². The van der Waals surface area contributed by atoms with Crippen LogP contribution in [0.3, 0.4) is 0 Å². The Morgan fingerprint density at radius 3 is 1.88 bits per heavy atom. The molecule has 130 valence electrons. The van der Waals surface area contributed by atoms with Crippen molar-refractivity contribution in [2.45, 2.75) is 6.92 Å². The Bertz CT molecular complexity index is 966. The Labute approximate surface area is 148 Å². The molecule has 0 amide bonds. The maximum atomic E-state index is 11.2. The molecule has 0 aliphatic rings. The monoisotopic (exact) mass is 350 g/mol. The van der Waals surface area contributed by atoms with E-state index in [1.165, 1.54) is 17.7 Å². The van der Waals surface area contributed by atoms with Crippen molar-refractivity contribution < 1.29 is 14.6 Å². The number of rotatable bonds is 5. The number of benzene rings is 3. The van der Waals surface area contributed by atoms with Crippen LogP contribution in [-0.2, 0) is 0 Å². The second-order valence-corrected chi connectivity index (χ2v) is 5.66. The molecule has 0 N–H and O–H groups in total. The van der Waals surface area contributed by atoms with E-state index >= 15 is 0 Å². The molecule has 0 aliphatic carbocycles. The van der Waals surface area contributed by atoms with Crippen LogP contribution in [0, 0.1) is 27.2 Å². The number of nitrogens with zero attached hydrogens (tertiary/aromatic N) is 2. The molecule has 3 rings (SSSR count). The summed E-state index contributed by atoms with van der Waals surface area (Å²) in [5.41, 5.74) is 2.37. The van der Waals surface area contributed by atoms with E-state index in [4.69, 9.17) is 4.74 Å². The van der Waals surface area contributed by atoms with Crippen LogP contribution in [0.2, 0.25) is 0 Å². The summed E-state index contributed by atoms with van der Waals surface area (Å²) >= 11 is 0. The van der Waals surface area contributed by atoms with E-state index < -0.39 is 15.5 Å². The van der Waals surface area contributed by atoms with Gasteiger partial charge in [0.2, 0.25) is 5.75 Å². The molecular formula is C19H14N2O5. The highest BCUT2D eigenvalue weighted by Crippen LogP contribution is 2.35. The molecular weight excluding hydrogens is 336 g/mol. The Hall–Kier alpha value is -3.74. The molecule has 7 heteroatoms. The highest BCUT2D eigenvalue weighted by atomic mass is 16.6. The second kappa shape index (κ2) is 7.02. The van der Waals surface area contributed by atoms with Gasteiger partial charge in [-0.25, -0.2) is 0 Å². The van der Waals surface area contributed by atoms with Crippen molar-refractivity contribution >= 4 is 11.4 Å². The quantitative estimate of drug-likeness (QED) is 0.461. The lowest BCUT2D eigenvalue weighted by molar-refractivity contribution is -0.394. The first-order valence-electron chi connectivity index (χ1n) is 7.72. The van der Waals surface area contributed by atoms with Crippen molar-refractivity contribution in [3.05, 3.63) is 92.5 Å². The van der Waals surface area contributed by atoms with E-state index in [1.54, 1.807) is 12.1 Å². The lowest BCUT2D eigenvalue weighted by atomic mass is 10.0. The fourth-order valence-corrected chi connectivity index (χ4v) is 2.44. The molecule has 0 atom stereocenters. The zero-order valence-electron chi connectivity index (χ0n) is 13.8. The molecule has 0 saturated carbocycles. The van der Waals surface area contributed by atoms with Crippen molar-refractivity contribution in [1.29, 1.82) is 0 Å². The molecule has 0 radical (unpaired) electrons. The Morgan fingerprint density at radius 1 is 0.769 bits per heavy atom. The summed E-state index contributed by atoms with van der Waals surface area (Å²) in [6.07, 6.45) is 0. The third-order valence-electron chi connectivity index (χ3n) is 3.82. The van der Waals surface area contributed by atoms with Crippen LogP contribution in [-0.4, -0.2) is 9.85 Å². The second-order valence-electron chi connectivity index (χ2n) is 5.66. The smallest absolute Gasteiger partial charge is 0.318 e. The number of ether oxygens (including phenoxy) is 1. The molecule has 0 aliphatic heterocycles. The molecule has 0 heterocycles. The molecule has 0 fully saturated rings. The summed E-state index contributed by atoms with van der Waals surface area (Å²) in [5.74, 6) is 0.349. The average molecular weight is 350 g/mol. The van der Waals surface area contributed by atoms with Crippen LogP contribution < -0.4 is 4.74 Å². The largest absolute Gasteiger partial charge is 0.450 e. The van der Waals surface area contributed by atoms with Crippen molar-refractivity contribution in [2.24, 2.45) is 0 Å².